The zero-order valence-corrected chi connectivity index (χ0v) is 24.7. The molecule has 6 nitrogen and oxygen atoms in total. The van der Waals surface area contributed by atoms with Crippen LogP contribution in [0.5, 0.6) is 5.75 Å². The van der Waals surface area contributed by atoms with Crippen molar-refractivity contribution in [1.29, 1.82) is 0 Å². The van der Waals surface area contributed by atoms with Gasteiger partial charge >= 0.3 is 5.97 Å². The summed E-state index contributed by atoms with van der Waals surface area (Å²) in [4.78, 5) is 24.7. The minimum Gasteiger partial charge on any atom is -0.488 e. The number of carboxylic acids is 1. The molecule has 0 radical (unpaired) electrons. The van der Waals surface area contributed by atoms with Crippen molar-refractivity contribution in [1.82, 2.24) is 9.88 Å². The lowest BCUT2D eigenvalue weighted by molar-refractivity contribution is 0.0697. The number of fused-ring (bicyclic) bond motifs is 1. The van der Waals surface area contributed by atoms with E-state index >= 15 is 0 Å². The average molecular weight is 561 g/mol. The standard InChI is InChI=1S/C36H36N2O4/c1-23-24(2)38(22-26-10-14-27(15-11-26)30-8-6-7-9-31(30)35(40)41)33-19-16-28(20-32(23)33)34(39)37-21-25-12-17-29(18-13-25)42-36(3,4)5/h6-20H,21-22H2,1-5H3,(H,37,39)(H,40,41). The van der Waals surface area contributed by atoms with Crippen LogP contribution in [0, 0.1) is 13.8 Å². The van der Waals surface area contributed by atoms with Crippen molar-refractivity contribution >= 4 is 22.8 Å². The minimum absolute atomic E-state index is 0.117. The number of carbonyl (C=O) groups is 2. The lowest BCUT2D eigenvalue weighted by atomic mass is 9.99. The summed E-state index contributed by atoms with van der Waals surface area (Å²) in [6.45, 7) is 11.3. The fourth-order valence-corrected chi connectivity index (χ4v) is 5.20. The zero-order chi connectivity index (χ0) is 30.0. The van der Waals surface area contributed by atoms with Gasteiger partial charge in [-0.25, -0.2) is 4.79 Å². The van der Waals surface area contributed by atoms with E-state index in [1.165, 1.54) is 0 Å². The van der Waals surface area contributed by atoms with Gasteiger partial charge in [-0.1, -0.05) is 54.6 Å². The maximum absolute atomic E-state index is 13.0. The molecule has 0 aliphatic rings. The van der Waals surface area contributed by atoms with E-state index in [4.69, 9.17) is 4.74 Å². The lowest BCUT2D eigenvalue weighted by Crippen LogP contribution is -2.23. The van der Waals surface area contributed by atoms with Crippen LogP contribution in [0.1, 0.15) is 63.9 Å². The summed E-state index contributed by atoms with van der Waals surface area (Å²) in [7, 11) is 0. The van der Waals surface area contributed by atoms with Crippen LogP contribution >= 0.6 is 0 Å². The van der Waals surface area contributed by atoms with E-state index in [2.05, 4.69) is 23.7 Å². The largest absolute Gasteiger partial charge is 0.488 e. The molecule has 0 fully saturated rings. The molecular weight excluding hydrogens is 524 g/mol. The van der Waals surface area contributed by atoms with Gasteiger partial charge in [0.05, 0.1) is 5.56 Å². The molecule has 0 bridgehead atoms. The predicted octanol–water partition coefficient (Wildman–Crippen LogP) is 7.78. The van der Waals surface area contributed by atoms with E-state index in [0.717, 1.165) is 44.6 Å². The van der Waals surface area contributed by atoms with Crippen molar-refractivity contribution in [2.24, 2.45) is 0 Å². The number of aromatic carboxylic acids is 1. The summed E-state index contributed by atoms with van der Waals surface area (Å²) >= 11 is 0. The smallest absolute Gasteiger partial charge is 0.336 e. The van der Waals surface area contributed by atoms with Gasteiger partial charge < -0.3 is 19.7 Å². The number of hydrogen-bond donors (Lipinski definition) is 2. The molecule has 0 saturated heterocycles. The van der Waals surface area contributed by atoms with Gasteiger partial charge in [0, 0.05) is 35.2 Å². The number of carbonyl (C=O) groups excluding carboxylic acids is 1. The summed E-state index contributed by atoms with van der Waals surface area (Å²) in [5.41, 5.74) is 7.67. The predicted molar refractivity (Wildman–Crippen MR) is 167 cm³/mol. The molecule has 4 aromatic carbocycles. The van der Waals surface area contributed by atoms with E-state index in [1.807, 2.05) is 99.6 Å². The average Bonchev–Trinajstić information content (AvgIpc) is 3.20. The molecule has 1 aromatic heterocycles. The molecule has 1 amide bonds. The highest BCUT2D eigenvalue weighted by Gasteiger charge is 2.16. The zero-order valence-electron chi connectivity index (χ0n) is 24.7. The van der Waals surface area contributed by atoms with Crippen LogP contribution < -0.4 is 10.1 Å². The number of amides is 1. The molecule has 0 aliphatic heterocycles. The van der Waals surface area contributed by atoms with E-state index in [9.17, 15) is 14.7 Å². The molecule has 42 heavy (non-hydrogen) atoms. The van der Waals surface area contributed by atoms with Gasteiger partial charge in [-0.3, -0.25) is 4.79 Å². The third kappa shape index (κ3) is 6.23. The number of aromatic nitrogens is 1. The Morgan fingerprint density at radius 2 is 1.52 bits per heavy atom. The molecule has 214 valence electrons. The van der Waals surface area contributed by atoms with E-state index < -0.39 is 5.97 Å². The Labute approximate surface area is 246 Å². The summed E-state index contributed by atoms with van der Waals surface area (Å²) in [6, 6.07) is 28.7. The van der Waals surface area contributed by atoms with Gasteiger partial charge in [0.15, 0.2) is 0 Å². The van der Waals surface area contributed by atoms with Crippen LogP contribution in [-0.2, 0) is 13.1 Å². The monoisotopic (exact) mass is 560 g/mol. The molecule has 0 spiro atoms. The van der Waals surface area contributed by atoms with Crippen molar-refractivity contribution in [3.63, 3.8) is 0 Å². The topological polar surface area (TPSA) is 80.6 Å². The highest BCUT2D eigenvalue weighted by atomic mass is 16.5. The van der Waals surface area contributed by atoms with Crippen molar-refractivity contribution in [2.75, 3.05) is 0 Å². The van der Waals surface area contributed by atoms with Crippen molar-refractivity contribution < 1.29 is 19.4 Å². The maximum atomic E-state index is 13.0. The van der Waals surface area contributed by atoms with Crippen LogP contribution in [0.25, 0.3) is 22.0 Å². The Hall–Kier alpha value is -4.84. The van der Waals surface area contributed by atoms with Crippen LogP contribution in [0.4, 0.5) is 0 Å². The molecule has 0 atom stereocenters. The van der Waals surface area contributed by atoms with Gasteiger partial charge in [0.1, 0.15) is 11.4 Å². The first kappa shape index (κ1) is 28.7. The summed E-state index contributed by atoms with van der Waals surface area (Å²) in [5.74, 6) is -0.250. The molecule has 5 rings (SSSR count). The van der Waals surface area contributed by atoms with Crippen LogP contribution in [0.2, 0.25) is 0 Å². The first-order chi connectivity index (χ1) is 20.0. The van der Waals surface area contributed by atoms with Gasteiger partial charge in [-0.05, 0) is 98.8 Å². The Morgan fingerprint density at radius 3 is 2.19 bits per heavy atom. The molecule has 0 unspecified atom stereocenters. The molecule has 1 heterocycles. The second-order valence-corrected chi connectivity index (χ2v) is 11.6. The summed E-state index contributed by atoms with van der Waals surface area (Å²) in [6.07, 6.45) is 0. The lowest BCUT2D eigenvalue weighted by Gasteiger charge is -2.21. The first-order valence-electron chi connectivity index (χ1n) is 14.1. The number of nitrogens with zero attached hydrogens (tertiary/aromatic N) is 1. The third-order valence-corrected chi connectivity index (χ3v) is 7.46. The number of nitrogens with one attached hydrogen (secondary N) is 1. The molecule has 0 saturated carbocycles. The highest BCUT2D eigenvalue weighted by Crippen LogP contribution is 2.29. The van der Waals surface area contributed by atoms with Gasteiger partial charge in [0.25, 0.3) is 5.91 Å². The van der Waals surface area contributed by atoms with E-state index in [1.54, 1.807) is 12.1 Å². The Bertz CT molecular complexity index is 1760. The number of ether oxygens (including phenoxy) is 1. The SMILES string of the molecule is Cc1c(C)n(Cc2ccc(-c3ccccc3C(=O)O)cc2)c2ccc(C(=O)NCc3ccc(OC(C)(C)C)cc3)cc12. The van der Waals surface area contributed by atoms with Crippen molar-refractivity contribution in [3.05, 3.63) is 125 Å². The van der Waals surface area contributed by atoms with Crippen molar-refractivity contribution in [2.45, 2.75) is 53.3 Å². The van der Waals surface area contributed by atoms with Crippen LogP contribution in [0.3, 0.4) is 0 Å². The summed E-state index contributed by atoms with van der Waals surface area (Å²) in [5, 5.41) is 13.6. The third-order valence-electron chi connectivity index (χ3n) is 7.46. The number of rotatable bonds is 8. The fourth-order valence-electron chi connectivity index (χ4n) is 5.20. The summed E-state index contributed by atoms with van der Waals surface area (Å²) < 4.78 is 8.14. The Kier molecular flexibility index (Phi) is 7.90. The second kappa shape index (κ2) is 11.6. The molecule has 0 aliphatic carbocycles. The van der Waals surface area contributed by atoms with Crippen LogP contribution in [0.15, 0.2) is 91.0 Å². The van der Waals surface area contributed by atoms with Crippen molar-refractivity contribution in [3.8, 4) is 16.9 Å². The molecule has 6 heteroatoms. The van der Waals surface area contributed by atoms with E-state index in [-0.39, 0.29) is 17.1 Å². The van der Waals surface area contributed by atoms with Gasteiger partial charge in [-0.2, -0.15) is 0 Å². The Morgan fingerprint density at radius 1 is 0.857 bits per heavy atom. The van der Waals surface area contributed by atoms with Gasteiger partial charge in [0.2, 0.25) is 0 Å². The molecular formula is C36H36N2O4. The normalized spacial score (nSPS) is 11.5. The number of benzene rings is 4. The first-order valence-corrected chi connectivity index (χ1v) is 14.1. The Balaban J connectivity index is 1.31. The number of carboxylic acid groups (broad SMARTS) is 1. The number of hydrogen-bond acceptors (Lipinski definition) is 3. The van der Waals surface area contributed by atoms with Crippen LogP contribution in [-0.4, -0.2) is 27.2 Å². The minimum atomic E-state index is -0.937. The maximum Gasteiger partial charge on any atom is 0.336 e. The number of aryl methyl sites for hydroxylation is 1. The second-order valence-electron chi connectivity index (χ2n) is 11.6. The van der Waals surface area contributed by atoms with E-state index in [0.29, 0.717) is 24.2 Å². The quantitative estimate of drug-likeness (QED) is 0.203. The fraction of sp³-hybridized carbons (Fsp3) is 0.222. The highest BCUT2D eigenvalue weighted by molar-refractivity contribution is 5.99. The molecule has 5 aromatic rings. The van der Waals surface area contributed by atoms with Gasteiger partial charge in [-0.15, -0.1) is 0 Å². The molecule has 2 N–H and O–H groups in total.